The number of benzene rings is 2. The first-order chi connectivity index (χ1) is 13.1. The summed E-state index contributed by atoms with van der Waals surface area (Å²) in [5.74, 6) is 0.538. The second-order valence-corrected chi connectivity index (χ2v) is 9.05. The van der Waals surface area contributed by atoms with Crippen LogP contribution in [-0.4, -0.2) is 27.0 Å². The summed E-state index contributed by atoms with van der Waals surface area (Å²) in [5.41, 5.74) is 1.18. The van der Waals surface area contributed by atoms with Crippen LogP contribution in [0.2, 0.25) is 5.02 Å². The van der Waals surface area contributed by atoms with Gasteiger partial charge in [0.2, 0.25) is 0 Å². The van der Waals surface area contributed by atoms with Crippen molar-refractivity contribution in [2.24, 2.45) is 5.92 Å². The standard InChI is InChI=1S/C20H25ClN2O4S/c1-13(2)12-22-20(24)15(4)27-17-6-8-18(9-7-17)28(25,26)23-19-10-5-16(21)11-14(19)3/h5-11,13,15,23H,12H2,1-4H3,(H,22,24)/t15-/m1/s1. The lowest BCUT2D eigenvalue weighted by molar-refractivity contribution is -0.127. The van der Waals surface area contributed by atoms with Crippen LogP contribution in [0.25, 0.3) is 0 Å². The third-order valence-electron chi connectivity index (χ3n) is 3.93. The van der Waals surface area contributed by atoms with Gasteiger partial charge in [-0.15, -0.1) is 0 Å². The smallest absolute Gasteiger partial charge is 0.261 e. The molecule has 0 bridgehead atoms. The minimum absolute atomic E-state index is 0.0890. The van der Waals surface area contributed by atoms with Crippen LogP contribution in [0.5, 0.6) is 5.75 Å². The van der Waals surface area contributed by atoms with Gasteiger partial charge in [-0.25, -0.2) is 8.42 Å². The molecule has 0 aliphatic heterocycles. The number of hydrogen-bond donors (Lipinski definition) is 2. The van der Waals surface area contributed by atoms with Gasteiger partial charge in [-0.05, 0) is 67.8 Å². The molecule has 0 aliphatic carbocycles. The maximum absolute atomic E-state index is 12.6. The van der Waals surface area contributed by atoms with Gasteiger partial charge in [-0.3, -0.25) is 9.52 Å². The Hall–Kier alpha value is -2.25. The van der Waals surface area contributed by atoms with Crippen LogP contribution in [0.1, 0.15) is 26.3 Å². The van der Waals surface area contributed by atoms with Gasteiger partial charge in [0, 0.05) is 11.6 Å². The first-order valence-corrected chi connectivity index (χ1v) is 10.8. The minimum Gasteiger partial charge on any atom is -0.481 e. The molecule has 0 unspecified atom stereocenters. The second-order valence-electron chi connectivity index (χ2n) is 6.94. The average molecular weight is 425 g/mol. The highest BCUT2D eigenvalue weighted by Crippen LogP contribution is 2.24. The van der Waals surface area contributed by atoms with Gasteiger partial charge in [0.1, 0.15) is 5.75 Å². The van der Waals surface area contributed by atoms with Crippen molar-refractivity contribution < 1.29 is 17.9 Å². The van der Waals surface area contributed by atoms with Crippen LogP contribution in [0, 0.1) is 12.8 Å². The lowest BCUT2D eigenvalue weighted by Gasteiger charge is -2.16. The summed E-state index contributed by atoms with van der Waals surface area (Å²) in [6.07, 6.45) is -0.684. The van der Waals surface area contributed by atoms with Gasteiger partial charge in [-0.2, -0.15) is 0 Å². The van der Waals surface area contributed by atoms with Crippen molar-refractivity contribution in [2.45, 2.75) is 38.7 Å². The number of sulfonamides is 1. The Balaban J connectivity index is 2.05. The Morgan fingerprint density at radius 2 is 1.75 bits per heavy atom. The molecule has 0 spiro atoms. The molecule has 1 atom stereocenters. The highest BCUT2D eigenvalue weighted by molar-refractivity contribution is 7.92. The molecule has 0 saturated heterocycles. The van der Waals surface area contributed by atoms with Crippen molar-refractivity contribution in [3.63, 3.8) is 0 Å². The summed E-state index contributed by atoms with van der Waals surface area (Å²) in [4.78, 5) is 12.1. The van der Waals surface area contributed by atoms with Crippen LogP contribution in [0.15, 0.2) is 47.4 Å². The largest absolute Gasteiger partial charge is 0.481 e. The molecular weight excluding hydrogens is 400 g/mol. The third kappa shape index (κ3) is 6.14. The highest BCUT2D eigenvalue weighted by atomic mass is 35.5. The lowest BCUT2D eigenvalue weighted by Crippen LogP contribution is -2.38. The first-order valence-electron chi connectivity index (χ1n) is 8.92. The Bertz CT molecular complexity index is 928. The monoisotopic (exact) mass is 424 g/mol. The van der Waals surface area contributed by atoms with E-state index in [-0.39, 0.29) is 10.8 Å². The van der Waals surface area contributed by atoms with Crippen molar-refractivity contribution in [3.05, 3.63) is 53.1 Å². The number of amides is 1. The highest BCUT2D eigenvalue weighted by Gasteiger charge is 2.17. The van der Waals surface area contributed by atoms with Crippen molar-refractivity contribution in [3.8, 4) is 5.75 Å². The van der Waals surface area contributed by atoms with E-state index in [9.17, 15) is 13.2 Å². The van der Waals surface area contributed by atoms with Crippen LogP contribution in [0.4, 0.5) is 5.69 Å². The molecule has 2 N–H and O–H groups in total. The van der Waals surface area contributed by atoms with Crippen molar-refractivity contribution in [2.75, 3.05) is 11.3 Å². The maximum Gasteiger partial charge on any atom is 0.261 e. The average Bonchev–Trinajstić information content (AvgIpc) is 2.62. The number of aryl methyl sites for hydroxylation is 1. The number of rotatable bonds is 8. The van der Waals surface area contributed by atoms with E-state index in [0.717, 1.165) is 5.56 Å². The fourth-order valence-corrected chi connectivity index (χ4v) is 3.71. The van der Waals surface area contributed by atoms with E-state index >= 15 is 0 Å². The topological polar surface area (TPSA) is 84.5 Å². The number of nitrogens with one attached hydrogen (secondary N) is 2. The van der Waals surface area contributed by atoms with Gasteiger partial charge in [-0.1, -0.05) is 25.4 Å². The van der Waals surface area contributed by atoms with Crippen molar-refractivity contribution in [1.82, 2.24) is 5.32 Å². The summed E-state index contributed by atoms with van der Waals surface area (Å²) in [6.45, 7) is 7.99. The van der Waals surface area contributed by atoms with Crippen LogP contribution in [-0.2, 0) is 14.8 Å². The summed E-state index contributed by atoms with van der Waals surface area (Å²) in [7, 11) is -3.76. The molecule has 152 valence electrons. The Kier molecular flexibility index (Phi) is 7.32. The summed E-state index contributed by atoms with van der Waals surface area (Å²) < 4.78 is 33.3. The summed E-state index contributed by atoms with van der Waals surface area (Å²) in [5, 5.41) is 3.33. The molecule has 0 fully saturated rings. The van der Waals surface area contributed by atoms with Gasteiger partial charge < -0.3 is 10.1 Å². The summed E-state index contributed by atoms with van der Waals surface area (Å²) >= 11 is 5.90. The molecule has 0 radical (unpaired) electrons. The number of carbonyl (C=O) groups is 1. The number of halogens is 1. The number of ether oxygens (including phenoxy) is 1. The van der Waals surface area contributed by atoms with Crippen molar-refractivity contribution >= 4 is 33.2 Å². The normalized spacial score (nSPS) is 12.5. The van der Waals surface area contributed by atoms with E-state index in [1.807, 2.05) is 13.8 Å². The van der Waals surface area contributed by atoms with Crippen LogP contribution >= 0.6 is 11.6 Å². The Morgan fingerprint density at radius 1 is 1.11 bits per heavy atom. The quantitative estimate of drug-likeness (QED) is 0.671. The van der Waals surface area contributed by atoms with E-state index in [0.29, 0.717) is 28.9 Å². The molecule has 2 rings (SSSR count). The maximum atomic E-state index is 12.6. The van der Waals surface area contributed by atoms with E-state index in [4.69, 9.17) is 16.3 Å². The van der Waals surface area contributed by atoms with E-state index < -0.39 is 16.1 Å². The molecule has 0 heterocycles. The van der Waals surface area contributed by atoms with E-state index in [1.165, 1.54) is 24.3 Å². The zero-order valence-corrected chi connectivity index (χ0v) is 17.9. The van der Waals surface area contributed by atoms with Gasteiger partial charge >= 0.3 is 0 Å². The van der Waals surface area contributed by atoms with E-state index in [1.54, 1.807) is 32.0 Å². The fourth-order valence-electron chi connectivity index (χ4n) is 2.35. The molecule has 8 heteroatoms. The number of carbonyl (C=O) groups excluding carboxylic acids is 1. The Morgan fingerprint density at radius 3 is 2.32 bits per heavy atom. The van der Waals surface area contributed by atoms with Crippen LogP contribution < -0.4 is 14.8 Å². The Labute approximate surface area is 171 Å². The lowest BCUT2D eigenvalue weighted by atomic mass is 10.2. The van der Waals surface area contributed by atoms with Crippen molar-refractivity contribution in [1.29, 1.82) is 0 Å². The first kappa shape index (κ1) is 22.0. The predicted octanol–water partition coefficient (Wildman–Crippen LogP) is 3.99. The zero-order chi connectivity index (χ0) is 20.9. The molecule has 28 heavy (non-hydrogen) atoms. The minimum atomic E-state index is -3.76. The predicted molar refractivity (Wildman–Crippen MR) is 111 cm³/mol. The molecule has 2 aromatic rings. The molecule has 0 aromatic heterocycles. The van der Waals surface area contributed by atoms with Gasteiger partial charge in [0.15, 0.2) is 6.10 Å². The molecule has 0 saturated carbocycles. The zero-order valence-electron chi connectivity index (χ0n) is 16.3. The molecular formula is C20H25ClN2O4S. The van der Waals surface area contributed by atoms with E-state index in [2.05, 4.69) is 10.0 Å². The fraction of sp³-hybridized carbons (Fsp3) is 0.350. The molecule has 2 aromatic carbocycles. The second kappa shape index (κ2) is 9.30. The SMILES string of the molecule is Cc1cc(Cl)ccc1NS(=O)(=O)c1ccc(O[C@H](C)C(=O)NCC(C)C)cc1. The molecule has 6 nitrogen and oxygen atoms in total. The number of hydrogen-bond acceptors (Lipinski definition) is 4. The third-order valence-corrected chi connectivity index (χ3v) is 5.55. The number of anilines is 1. The van der Waals surface area contributed by atoms with Gasteiger partial charge in [0.25, 0.3) is 15.9 Å². The molecule has 1 amide bonds. The summed E-state index contributed by atoms with van der Waals surface area (Å²) in [6, 6.07) is 10.8. The van der Waals surface area contributed by atoms with Crippen LogP contribution in [0.3, 0.4) is 0 Å². The molecule has 0 aliphatic rings. The van der Waals surface area contributed by atoms with Gasteiger partial charge in [0.05, 0.1) is 10.6 Å².